The molecule has 0 heterocycles. The monoisotopic (exact) mass is 158 g/mol. The summed E-state index contributed by atoms with van der Waals surface area (Å²) in [5.74, 6) is 0.143. The van der Waals surface area contributed by atoms with Crippen LogP contribution in [0.15, 0.2) is 12.2 Å². The summed E-state index contributed by atoms with van der Waals surface area (Å²) < 4.78 is 0. The summed E-state index contributed by atoms with van der Waals surface area (Å²) in [5.41, 5.74) is 0.893. The molecule has 0 radical (unpaired) electrons. The largest absolute Gasteiger partial charge is 0.298 e. The smallest absolute Gasteiger partial charge is 0.154 e. The Morgan fingerprint density at radius 1 is 1.40 bits per heavy atom. The zero-order valence-corrected chi connectivity index (χ0v) is 6.66. The van der Waals surface area contributed by atoms with E-state index in [4.69, 9.17) is 11.6 Å². The summed E-state index contributed by atoms with van der Waals surface area (Å²) in [4.78, 5) is 11.0. The van der Waals surface area contributed by atoms with Gasteiger partial charge in [-0.1, -0.05) is 12.2 Å². The number of carbonyl (C=O) groups is 1. The molecule has 1 aliphatic rings. The summed E-state index contributed by atoms with van der Waals surface area (Å²) in [7, 11) is 0. The van der Waals surface area contributed by atoms with Crippen molar-refractivity contribution in [2.75, 3.05) is 0 Å². The average Bonchev–Trinajstić information content (AvgIpc) is 2.04. The van der Waals surface area contributed by atoms with Gasteiger partial charge in [0.15, 0.2) is 5.78 Å². The number of Topliss-reactive ketones (excluding diaryl/α,β-unsaturated/α-hetero) is 1. The van der Waals surface area contributed by atoms with Crippen molar-refractivity contribution in [2.24, 2.45) is 0 Å². The first-order valence-corrected chi connectivity index (χ1v) is 4.00. The fraction of sp³-hybridized carbons (Fsp3) is 0.625. The van der Waals surface area contributed by atoms with Gasteiger partial charge in [-0.25, -0.2) is 0 Å². The van der Waals surface area contributed by atoms with Gasteiger partial charge in [0, 0.05) is 6.42 Å². The van der Waals surface area contributed by atoms with Crippen LogP contribution in [0.25, 0.3) is 0 Å². The number of rotatable bonds is 0. The van der Waals surface area contributed by atoms with E-state index in [1.807, 2.05) is 0 Å². The minimum absolute atomic E-state index is 0.143. The molecule has 0 aromatic heterocycles. The van der Waals surface area contributed by atoms with Gasteiger partial charge in [0.1, 0.15) is 5.38 Å². The van der Waals surface area contributed by atoms with Crippen LogP contribution in [0.1, 0.15) is 25.7 Å². The average molecular weight is 159 g/mol. The molecule has 0 aliphatic heterocycles. The minimum atomic E-state index is -0.400. The Hall–Kier alpha value is -0.300. The quantitative estimate of drug-likeness (QED) is 0.300. The third kappa shape index (κ3) is 1.60. The van der Waals surface area contributed by atoms with Gasteiger partial charge < -0.3 is 0 Å². The summed E-state index contributed by atoms with van der Waals surface area (Å²) in [6.07, 6.45) is 3.59. The molecular weight excluding hydrogens is 148 g/mol. The molecule has 2 heteroatoms. The number of hydrogen-bond donors (Lipinski definition) is 0. The molecule has 1 unspecified atom stereocenters. The second-order valence-corrected chi connectivity index (χ2v) is 3.13. The predicted octanol–water partition coefficient (Wildman–Crippen LogP) is 2.29. The second kappa shape index (κ2) is 3.20. The third-order valence-electron chi connectivity index (χ3n) is 1.81. The molecule has 0 bridgehead atoms. The van der Waals surface area contributed by atoms with E-state index in [0.717, 1.165) is 24.8 Å². The van der Waals surface area contributed by atoms with Gasteiger partial charge in [0.2, 0.25) is 0 Å². The van der Waals surface area contributed by atoms with Gasteiger partial charge in [0.05, 0.1) is 0 Å². The topological polar surface area (TPSA) is 17.1 Å². The van der Waals surface area contributed by atoms with Gasteiger partial charge >= 0.3 is 0 Å². The standard InChI is InChI=1S/C8H11ClO/c1-6-4-2-3-5-7(10)8(6)9/h8H,1-5H2. The van der Waals surface area contributed by atoms with Crippen molar-refractivity contribution in [1.29, 1.82) is 0 Å². The lowest BCUT2D eigenvalue weighted by atomic mass is 10.1. The van der Waals surface area contributed by atoms with Crippen molar-refractivity contribution in [3.8, 4) is 0 Å². The maximum absolute atomic E-state index is 11.0. The van der Waals surface area contributed by atoms with Crippen molar-refractivity contribution < 1.29 is 4.79 Å². The maximum atomic E-state index is 11.0. The predicted molar refractivity (Wildman–Crippen MR) is 42.3 cm³/mol. The second-order valence-electron chi connectivity index (χ2n) is 2.69. The minimum Gasteiger partial charge on any atom is -0.298 e. The van der Waals surface area contributed by atoms with Crippen molar-refractivity contribution in [2.45, 2.75) is 31.1 Å². The van der Waals surface area contributed by atoms with Gasteiger partial charge in [-0.2, -0.15) is 0 Å². The number of halogens is 1. The van der Waals surface area contributed by atoms with Gasteiger partial charge in [-0.3, -0.25) is 4.79 Å². The normalized spacial score (nSPS) is 28.3. The van der Waals surface area contributed by atoms with Crippen LogP contribution in [0, 0.1) is 0 Å². The summed E-state index contributed by atoms with van der Waals surface area (Å²) in [5, 5.41) is -0.400. The van der Waals surface area contributed by atoms with Crippen LogP contribution in [0.2, 0.25) is 0 Å². The highest BCUT2D eigenvalue weighted by Crippen LogP contribution is 2.22. The van der Waals surface area contributed by atoms with Crippen LogP contribution >= 0.6 is 11.6 Å². The third-order valence-corrected chi connectivity index (χ3v) is 2.36. The highest BCUT2D eigenvalue weighted by Gasteiger charge is 2.20. The number of alkyl halides is 1. The molecule has 0 N–H and O–H groups in total. The molecule has 10 heavy (non-hydrogen) atoms. The number of hydrogen-bond acceptors (Lipinski definition) is 1. The molecule has 1 rings (SSSR count). The van der Waals surface area contributed by atoms with E-state index in [2.05, 4.69) is 6.58 Å². The Morgan fingerprint density at radius 3 is 2.70 bits per heavy atom. The molecular formula is C8H11ClO. The van der Waals surface area contributed by atoms with Crippen molar-refractivity contribution in [3.63, 3.8) is 0 Å². The summed E-state index contributed by atoms with van der Waals surface area (Å²) in [6.45, 7) is 3.75. The van der Waals surface area contributed by atoms with E-state index in [-0.39, 0.29) is 5.78 Å². The zero-order chi connectivity index (χ0) is 7.56. The lowest BCUT2D eigenvalue weighted by Gasteiger charge is -2.04. The van der Waals surface area contributed by atoms with Gasteiger partial charge in [0.25, 0.3) is 0 Å². The maximum Gasteiger partial charge on any atom is 0.154 e. The lowest BCUT2D eigenvalue weighted by Crippen LogP contribution is -2.13. The van der Waals surface area contributed by atoms with Crippen LogP contribution in [0.3, 0.4) is 0 Å². The molecule has 1 fully saturated rings. The number of ketones is 1. The first kappa shape index (κ1) is 7.80. The van der Waals surface area contributed by atoms with E-state index in [0.29, 0.717) is 6.42 Å². The Bertz CT molecular complexity index is 145. The molecule has 0 spiro atoms. The van der Waals surface area contributed by atoms with Crippen LogP contribution in [0.5, 0.6) is 0 Å². The molecule has 0 aromatic carbocycles. The van der Waals surface area contributed by atoms with Crippen molar-refractivity contribution in [3.05, 3.63) is 12.2 Å². The highest BCUT2D eigenvalue weighted by molar-refractivity contribution is 6.33. The molecule has 0 saturated heterocycles. The van der Waals surface area contributed by atoms with E-state index in [1.165, 1.54) is 0 Å². The SMILES string of the molecule is C=C1CCCCC(=O)C1Cl. The molecule has 1 saturated carbocycles. The Labute approximate surface area is 66.1 Å². The highest BCUT2D eigenvalue weighted by atomic mass is 35.5. The Morgan fingerprint density at radius 2 is 2.00 bits per heavy atom. The van der Waals surface area contributed by atoms with E-state index in [1.54, 1.807) is 0 Å². The summed E-state index contributed by atoms with van der Waals surface area (Å²) in [6, 6.07) is 0. The first-order valence-electron chi connectivity index (χ1n) is 3.56. The molecule has 0 amide bonds. The van der Waals surface area contributed by atoms with Crippen LogP contribution in [-0.2, 0) is 4.79 Å². The molecule has 1 nitrogen and oxygen atoms in total. The van der Waals surface area contributed by atoms with E-state index < -0.39 is 5.38 Å². The Balaban J connectivity index is 2.64. The fourth-order valence-electron chi connectivity index (χ4n) is 1.13. The van der Waals surface area contributed by atoms with E-state index >= 15 is 0 Å². The number of allylic oxidation sites excluding steroid dienone is 1. The first-order chi connectivity index (χ1) is 4.72. The van der Waals surface area contributed by atoms with Crippen molar-refractivity contribution in [1.82, 2.24) is 0 Å². The van der Waals surface area contributed by atoms with Crippen molar-refractivity contribution >= 4 is 17.4 Å². The molecule has 1 aliphatic carbocycles. The van der Waals surface area contributed by atoms with Crippen LogP contribution < -0.4 is 0 Å². The Kier molecular flexibility index (Phi) is 2.50. The van der Waals surface area contributed by atoms with Gasteiger partial charge in [-0.05, 0) is 19.3 Å². The lowest BCUT2D eigenvalue weighted by molar-refractivity contribution is -0.118. The van der Waals surface area contributed by atoms with E-state index in [9.17, 15) is 4.79 Å². The molecule has 1 atom stereocenters. The number of carbonyl (C=O) groups excluding carboxylic acids is 1. The zero-order valence-electron chi connectivity index (χ0n) is 5.90. The van der Waals surface area contributed by atoms with Crippen LogP contribution in [0.4, 0.5) is 0 Å². The van der Waals surface area contributed by atoms with Gasteiger partial charge in [-0.15, -0.1) is 11.6 Å². The van der Waals surface area contributed by atoms with Crippen LogP contribution in [-0.4, -0.2) is 11.2 Å². The summed E-state index contributed by atoms with van der Waals surface area (Å²) >= 11 is 5.77. The molecule has 56 valence electrons. The molecule has 0 aromatic rings. The fourth-order valence-corrected chi connectivity index (χ4v) is 1.35.